The van der Waals surface area contributed by atoms with Crippen LogP contribution in [0.2, 0.25) is 0 Å². The highest BCUT2D eigenvalue weighted by molar-refractivity contribution is 5.98. The van der Waals surface area contributed by atoms with Crippen LogP contribution in [0.15, 0.2) is 48.5 Å². The smallest absolute Gasteiger partial charge is 0.253 e. The number of hydrogen-bond acceptors (Lipinski definition) is 4. The normalized spacial score (nSPS) is 10.0. The van der Waals surface area contributed by atoms with Crippen molar-refractivity contribution in [3.05, 3.63) is 59.7 Å². The fourth-order valence-electron chi connectivity index (χ4n) is 2.22. The van der Waals surface area contributed by atoms with Gasteiger partial charge in [0.2, 0.25) is 5.91 Å². The third-order valence-corrected chi connectivity index (χ3v) is 3.52. The number of nitrogens with one attached hydrogen (secondary N) is 2. The van der Waals surface area contributed by atoms with Gasteiger partial charge in [-0.1, -0.05) is 18.2 Å². The van der Waals surface area contributed by atoms with Crippen molar-refractivity contribution in [1.29, 1.82) is 0 Å². The summed E-state index contributed by atoms with van der Waals surface area (Å²) in [4.78, 5) is 36.9. The van der Waals surface area contributed by atoms with E-state index in [0.717, 1.165) is 0 Å². The van der Waals surface area contributed by atoms with Crippen molar-refractivity contribution in [3.8, 4) is 0 Å². The van der Waals surface area contributed by atoms with Gasteiger partial charge in [-0.05, 0) is 37.3 Å². The van der Waals surface area contributed by atoms with Gasteiger partial charge >= 0.3 is 0 Å². The molecule has 0 atom stereocenters. The lowest BCUT2D eigenvalue weighted by Gasteiger charge is -2.12. The van der Waals surface area contributed by atoms with Crippen LogP contribution in [0.5, 0.6) is 0 Å². The number of nitrogens with zero attached hydrogens (tertiary/aromatic N) is 1. The molecule has 0 saturated carbocycles. The number of amides is 2. The summed E-state index contributed by atoms with van der Waals surface area (Å²) >= 11 is 0. The van der Waals surface area contributed by atoms with Crippen molar-refractivity contribution in [2.24, 2.45) is 0 Å². The topological polar surface area (TPSA) is 78.5 Å². The minimum atomic E-state index is -0.248. The van der Waals surface area contributed by atoms with Crippen molar-refractivity contribution in [3.63, 3.8) is 0 Å². The molecule has 0 radical (unpaired) electrons. The average Bonchev–Trinajstić information content (AvgIpc) is 2.59. The van der Waals surface area contributed by atoms with Crippen LogP contribution in [0.1, 0.15) is 27.6 Å². The molecule has 2 amide bonds. The van der Waals surface area contributed by atoms with Gasteiger partial charge in [-0.15, -0.1) is 0 Å². The van der Waals surface area contributed by atoms with E-state index in [4.69, 9.17) is 0 Å². The van der Waals surface area contributed by atoms with Crippen LogP contribution >= 0.6 is 0 Å². The lowest BCUT2D eigenvalue weighted by atomic mass is 10.1. The minimum absolute atomic E-state index is 0.0320. The lowest BCUT2D eigenvalue weighted by molar-refractivity contribution is -0.114. The molecule has 2 aromatic carbocycles. The molecule has 2 N–H and O–H groups in total. The number of carbonyl (C=O) groups excluding carboxylic acids is 3. The molecule has 0 aliphatic carbocycles. The molecule has 0 fully saturated rings. The first-order valence-electron chi connectivity index (χ1n) is 7.83. The Morgan fingerprint density at radius 2 is 1.52 bits per heavy atom. The van der Waals surface area contributed by atoms with Gasteiger partial charge in [0.05, 0.1) is 6.54 Å². The first-order chi connectivity index (χ1) is 11.9. The maximum Gasteiger partial charge on any atom is 0.253 e. The van der Waals surface area contributed by atoms with Gasteiger partial charge in [0.1, 0.15) is 0 Å². The number of carbonyl (C=O) groups is 3. The summed E-state index contributed by atoms with van der Waals surface area (Å²) in [5.74, 6) is -0.409. The van der Waals surface area contributed by atoms with Crippen molar-refractivity contribution in [2.75, 3.05) is 31.3 Å². The Labute approximate surface area is 146 Å². The molecule has 0 aliphatic heterocycles. The molecule has 0 heterocycles. The summed E-state index contributed by atoms with van der Waals surface area (Å²) in [5, 5.41) is 5.72. The van der Waals surface area contributed by atoms with E-state index in [2.05, 4.69) is 10.6 Å². The van der Waals surface area contributed by atoms with Crippen LogP contribution in [0.3, 0.4) is 0 Å². The highest BCUT2D eigenvalue weighted by Crippen LogP contribution is 2.13. The third-order valence-electron chi connectivity index (χ3n) is 3.52. The molecule has 0 aliphatic rings. The quantitative estimate of drug-likeness (QED) is 0.793. The zero-order valence-corrected chi connectivity index (χ0v) is 14.5. The number of ketones is 1. The SMILES string of the molecule is CC(=O)c1cccc(NCC(=O)Nc2cccc(C(=O)N(C)C)c2)c1. The maximum atomic E-state index is 12.1. The zero-order chi connectivity index (χ0) is 18.4. The monoisotopic (exact) mass is 339 g/mol. The second-order valence-electron chi connectivity index (χ2n) is 5.82. The van der Waals surface area contributed by atoms with Gasteiger partial charge in [0, 0.05) is 36.6 Å². The fourth-order valence-corrected chi connectivity index (χ4v) is 2.22. The molecule has 2 aromatic rings. The second kappa shape index (κ2) is 8.10. The molecule has 0 spiro atoms. The van der Waals surface area contributed by atoms with Gasteiger partial charge in [-0.25, -0.2) is 0 Å². The van der Waals surface area contributed by atoms with Crippen LogP contribution in [0.25, 0.3) is 0 Å². The Kier molecular flexibility index (Phi) is 5.89. The molecule has 25 heavy (non-hydrogen) atoms. The summed E-state index contributed by atoms with van der Waals surface area (Å²) < 4.78 is 0. The Hall–Kier alpha value is -3.15. The summed E-state index contributed by atoms with van der Waals surface area (Å²) in [6.45, 7) is 1.54. The van der Waals surface area contributed by atoms with Crippen LogP contribution in [-0.4, -0.2) is 43.1 Å². The molecule has 6 nitrogen and oxygen atoms in total. The number of hydrogen-bond donors (Lipinski definition) is 2. The van der Waals surface area contributed by atoms with Gasteiger partial charge in [-0.2, -0.15) is 0 Å². The van der Waals surface area contributed by atoms with E-state index in [0.29, 0.717) is 22.5 Å². The predicted octanol–water partition coefficient (Wildman–Crippen LogP) is 2.64. The lowest BCUT2D eigenvalue weighted by Crippen LogP contribution is -2.23. The predicted molar refractivity (Wildman–Crippen MR) is 98.0 cm³/mol. The molecular weight excluding hydrogens is 318 g/mol. The standard InChI is InChI=1S/C19H21N3O3/c1-13(23)14-6-4-8-16(10-14)20-12-18(24)21-17-9-5-7-15(11-17)19(25)22(2)3/h4-11,20H,12H2,1-3H3,(H,21,24). The number of benzene rings is 2. The van der Waals surface area contributed by atoms with Crippen LogP contribution in [-0.2, 0) is 4.79 Å². The first kappa shape index (κ1) is 18.2. The maximum absolute atomic E-state index is 12.1. The highest BCUT2D eigenvalue weighted by Gasteiger charge is 2.09. The van der Waals surface area contributed by atoms with Crippen LogP contribution < -0.4 is 10.6 Å². The van der Waals surface area contributed by atoms with Crippen molar-refractivity contribution < 1.29 is 14.4 Å². The first-order valence-corrected chi connectivity index (χ1v) is 7.83. The Balaban J connectivity index is 1.97. The van der Waals surface area contributed by atoms with E-state index >= 15 is 0 Å². The number of rotatable bonds is 6. The molecule has 0 aromatic heterocycles. The molecule has 0 unspecified atom stereocenters. The molecule has 0 saturated heterocycles. The van der Waals surface area contributed by atoms with E-state index in [-0.39, 0.29) is 24.1 Å². The van der Waals surface area contributed by atoms with Crippen LogP contribution in [0, 0.1) is 0 Å². The van der Waals surface area contributed by atoms with E-state index in [1.807, 2.05) is 0 Å². The Morgan fingerprint density at radius 1 is 0.920 bits per heavy atom. The molecule has 2 rings (SSSR count). The number of anilines is 2. The summed E-state index contributed by atoms with van der Waals surface area (Å²) in [5.41, 5.74) is 2.33. The van der Waals surface area contributed by atoms with Gasteiger partial charge in [-0.3, -0.25) is 14.4 Å². The van der Waals surface area contributed by atoms with Crippen molar-refractivity contribution in [2.45, 2.75) is 6.92 Å². The van der Waals surface area contributed by atoms with Crippen LogP contribution in [0.4, 0.5) is 11.4 Å². The Morgan fingerprint density at radius 3 is 2.16 bits per heavy atom. The second-order valence-corrected chi connectivity index (χ2v) is 5.82. The fraction of sp³-hybridized carbons (Fsp3) is 0.211. The summed E-state index contributed by atoms with van der Waals surface area (Å²) in [6.07, 6.45) is 0. The van der Waals surface area contributed by atoms with E-state index < -0.39 is 0 Å². The van der Waals surface area contributed by atoms with Crippen molar-refractivity contribution >= 4 is 29.0 Å². The van der Waals surface area contributed by atoms with E-state index in [9.17, 15) is 14.4 Å². The van der Waals surface area contributed by atoms with Gasteiger partial charge in [0.15, 0.2) is 5.78 Å². The summed E-state index contributed by atoms with van der Waals surface area (Å²) in [7, 11) is 3.35. The number of Topliss-reactive ketones (excluding diaryl/α,β-unsaturated/α-hetero) is 1. The van der Waals surface area contributed by atoms with E-state index in [1.165, 1.54) is 11.8 Å². The summed E-state index contributed by atoms with van der Waals surface area (Å²) in [6, 6.07) is 13.7. The molecule has 6 heteroatoms. The Bertz CT molecular complexity index is 800. The molecular formula is C19H21N3O3. The van der Waals surface area contributed by atoms with E-state index in [1.54, 1.807) is 62.6 Å². The highest BCUT2D eigenvalue weighted by atomic mass is 16.2. The molecule has 0 bridgehead atoms. The zero-order valence-electron chi connectivity index (χ0n) is 14.5. The minimum Gasteiger partial charge on any atom is -0.376 e. The largest absolute Gasteiger partial charge is 0.376 e. The molecule has 130 valence electrons. The van der Waals surface area contributed by atoms with Crippen molar-refractivity contribution in [1.82, 2.24) is 4.90 Å². The average molecular weight is 339 g/mol. The van der Waals surface area contributed by atoms with Gasteiger partial charge in [0.25, 0.3) is 5.91 Å². The van der Waals surface area contributed by atoms with Gasteiger partial charge < -0.3 is 15.5 Å². The third kappa shape index (κ3) is 5.17.